The van der Waals surface area contributed by atoms with Crippen LogP contribution in [0.15, 0.2) is 18.2 Å². The molecule has 0 unspecified atom stereocenters. The van der Waals surface area contributed by atoms with Crippen molar-refractivity contribution in [3.8, 4) is 5.75 Å². The van der Waals surface area contributed by atoms with Crippen LogP contribution < -0.4 is 4.74 Å². The van der Waals surface area contributed by atoms with E-state index < -0.39 is 0 Å². The number of hydrogen-bond donors (Lipinski definition) is 0. The lowest BCUT2D eigenvalue weighted by atomic mass is 9.90. The second kappa shape index (κ2) is 4.05. The Kier molecular flexibility index (Phi) is 2.76. The van der Waals surface area contributed by atoms with E-state index in [4.69, 9.17) is 4.74 Å². The van der Waals surface area contributed by atoms with Gasteiger partial charge in [0.25, 0.3) is 0 Å². The van der Waals surface area contributed by atoms with Gasteiger partial charge in [-0.1, -0.05) is 12.1 Å². The van der Waals surface area contributed by atoms with Crippen molar-refractivity contribution in [1.29, 1.82) is 0 Å². The molecule has 15 heavy (non-hydrogen) atoms. The van der Waals surface area contributed by atoms with Crippen LogP contribution in [0.1, 0.15) is 42.6 Å². The summed E-state index contributed by atoms with van der Waals surface area (Å²) in [4.78, 5) is 11.8. The van der Waals surface area contributed by atoms with E-state index in [1.807, 2.05) is 32.0 Å². The molecule has 1 aromatic carbocycles. The Morgan fingerprint density at radius 3 is 2.80 bits per heavy atom. The maximum absolute atomic E-state index is 11.8. The van der Waals surface area contributed by atoms with Crippen LogP contribution in [-0.4, -0.2) is 11.9 Å². The molecule has 0 saturated carbocycles. The monoisotopic (exact) mass is 204 g/mol. The number of fused-ring (bicyclic) bond motifs is 1. The van der Waals surface area contributed by atoms with E-state index in [0.29, 0.717) is 6.42 Å². The number of ether oxygens (including phenoxy) is 1. The van der Waals surface area contributed by atoms with Crippen LogP contribution in [0, 0.1) is 0 Å². The van der Waals surface area contributed by atoms with Crippen LogP contribution in [0.5, 0.6) is 5.75 Å². The number of Topliss-reactive ketones (excluding diaryl/α,β-unsaturated/α-hetero) is 1. The normalized spacial score (nSPS) is 15.3. The average Bonchev–Trinajstić information content (AvgIpc) is 2.17. The first-order chi connectivity index (χ1) is 7.18. The molecule has 0 saturated heterocycles. The van der Waals surface area contributed by atoms with Crippen LogP contribution in [0.4, 0.5) is 0 Å². The molecule has 0 aliphatic heterocycles. The summed E-state index contributed by atoms with van der Waals surface area (Å²) in [5.74, 6) is 0.986. The molecule has 2 rings (SSSR count). The van der Waals surface area contributed by atoms with Gasteiger partial charge in [0, 0.05) is 6.42 Å². The molecule has 0 spiro atoms. The summed E-state index contributed by atoms with van der Waals surface area (Å²) in [5, 5.41) is 0. The molecular formula is C13H16O2. The topological polar surface area (TPSA) is 26.3 Å². The van der Waals surface area contributed by atoms with Crippen LogP contribution in [0.2, 0.25) is 0 Å². The summed E-state index contributed by atoms with van der Waals surface area (Å²) in [5.41, 5.74) is 1.96. The van der Waals surface area contributed by atoms with Gasteiger partial charge in [-0.05, 0) is 38.3 Å². The lowest BCUT2D eigenvalue weighted by molar-refractivity contribution is 0.0966. The van der Waals surface area contributed by atoms with Gasteiger partial charge in [0.2, 0.25) is 0 Å². The number of benzene rings is 1. The van der Waals surface area contributed by atoms with Gasteiger partial charge in [0.1, 0.15) is 5.75 Å². The number of carbonyl (C=O) groups is 1. The van der Waals surface area contributed by atoms with Crippen molar-refractivity contribution in [2.24, 2.45) is 0 Å². The minimum absolute atomic E-state index is 0.117. The zero-order valence-corrected chi connectivity index (χ0v) is 9.25. The predicted molar refractivity (Wildman–Crippen MR) is 59.5 cm³/mol. The molecule has 0 heterocycles. The standard InChI is InChI=1S/C13H16O2/c1-9(2)15-12-8-4-6-10-5-3-7-11(14)13(10)12/h4,6,8-9H,3,5,7H2,1-2H3. The molecule has 0 fully saturated rings. The van der Waals surface area contributed by atoms with E-state index in [1.165, 1.54) is 0 Å². The molecule has 1 aliphatic rings. The molecule has 2 nitrogen and oxygen atoms in total. The van der Waals surface area contributed by atoms with Gasteiger partial charge in [0.05, 0.1) is 11.7 Å². The van der Waals surface area contributed by atoms with Crippen LogP contribution in [0.25, 0.3) is 0 Å². The van der Waals surface area contributed by atoms with Gasteiger partial charge in [0.15, 0.2) is 5.78 Å². The number of ketones is 1. The minimum atomic E-state index is 0.117. The quantitative estimate of drug-likeness (QED) is 0.740. The average molecular weight is 204 g/mol. The van der Waals surface area contributed by atoms with Crippen molar-refractivity contribution in [3.05, 3.63) is 29.3 Å². The van der Waals surface area contributed by atoms with Crippen molar-refractivity contribution >= 4 is 5.78 Å². The molecule has 0 aromatic heterocycles. The molecule has 0 radical (unpaired) electrons. The second-order valence-electron chi connectivity index (χ2n) is 4.23. The first-order valence-corrected chi connectivity index (χ1v) is 5.50. The van der Waals surface area contributed by atoms with Gasteiger partial charge >= 0.3 is 0 Å². The third kappa shape index (κ3) is 2.04. The van der Waals surface area contributed by atoms with E-state index >= 15 is 0 Å². The third-order valence-corrected chi connectivity index (χ3v) is 2.60. The number of aryl methyl sites for hydroxylation is 1. The summed E-state index contributed by atoms with van der Waals surface area (Å²) < 4.78 is 5.66. The van der Waals surface area contributed by atoms with E-state index in [1.54, 1.807) is 0 Å². The van der Waals surface area contributed by atoms with E-state index in [0.717, 1.165) is 29.7 Å². The Morgan fingerprint density at radius 1 is 1.27 bits per heavy atom. The lowest BCUT2D eigenvalue weighted by Gasteiger charge is -2.19. The fourth-order valence-corrected chi connectivity index (χ4v) is 2.02. The van der Waals surface area contributed by atoms with Gasteiger partial charge < -0.3 is 4.74 Å². The van der Waals surface area contributed by atoms with E-state index in [2.05, 4.69) is 0 Å². The molecule has 0 N–H and O–H groups in total. The SMILES string of the molecule is CC(C)Oc1cccc2c1C(=O)CCC2. The van der Waals surface area contributed by atoms with Crippen LogP contribution in [0.3, 0.4) is 0 Å². The Bertz CT molecular complexity index is 380. The molecule has 80 valence electrons. The zero-order chi connectivity index (χ0) is 10.8. The fourth-order valence-electron chi connectivity index (χ4n) is 2.02. The lowest BCUT2D eigenvalue weighted by Crippen LogP contribution is -2.15. The second-order valence-corrected chi connectivity index (χ2v) is 4.23. The highest BCUT2D eigenvalue weighted by atomic mass is 16.5. The molecule has 1 aliphatic carbocycles. The predicted octanol–water partition coefficient (Wildman–Crippen LogP) is 2.99. The summed E-state index contributed by atoms with van der Waals surface area (Å²) in [6.45, 7) is 3.96. The number of hydrogen-bond acceptors (Lipinski definition) is 2. The number of carbonyl (C=O) groups excluding carboxylic acids is 1. The largest absolute Gasteiger partial charge is 0.490 e. The highest BCUT2D eigenvalue weighted by molar-refractivity contribution is 6.01. The van der Waals surface area contributed by atoms with Crippen molar-refractivity contribution in [3.63, 3.8) is 0 Å². The van der Waals surface area contributed by atoms with Gasteiger partial charge in [-0.25, -0.2) is 0 Å². The van der Waals surface area contributed by atoms with Crippen LogP contribution in [-0.2, 0) is 6.42 Å². The minimum Gasteiger partial charge on any atom is -0.490 e. The zero-order valence-electron chi connectivity index (χ0n) is 9.25. The molecule has 0 amide bonds. The summed E-state index contributed by atoms with van der Waals surface area (Å²) >= 11 is 0. The smallest absolute Gasteiger partial charge is 0.166 e. The van der Waals surface area contributed by atoms with Gasteiger partial charge in [-0.15, -0.1) is 0 Å². The first kappa shape index (κ1) is 10.2. The fraction of sp³-hybridized carbons (Fsp3) is 0.462. The Morgan fingerprint density at radius 2 is 2.07 bits per heavy atom. The Hall–Kier alpha value is -1.31. The maximum Gasteiger partial charge on any atom is 0.166 e. The van der Waals surface area contributed by atoms with Crippen LogP contribution >= 0.6 is 0 Å². The Labute approximate surface area is 90.3 Å². The number of rotatable bonds is 2. The van der Waals surface area contributed by atoms with Crippen molar-refractivity contribution in [2.75, 3.05) is 0 Å². The van der Waals surface area contributed by atoms with Crippen molar-refractivity contribution in [2.45, 2.75) is 39.2 Å². The van der Waals surface area contributed by atoms with Gasteiger partial charge in [-0.2, -0.15) is 0 Å². The summed E-state index contributed by atoms with van der Waals surface area (Å²) in [6, 6.07) is 5.89. The highest BCUT2D eigenvalue weighted by Gasteiger charge is 2.21. The molecule has 2 heteroatoms. The summed E-state index contributed by atoms with van der Waals surface area (Å²) in [6.07, 6.45) is 2.74. The third-order valence-electron chi connectivity index (χ3n) is 2.60. The highest BCUT2D eigenvalue weighted by Crippen LogP contribution is 2.30. The molecule has 0 bridgehead atoms. The molecular weight excluding hydrogens is 188 g/mol. The van der Waals surface area contributed by atoms with E-state index in [9.17, 15) is 4.79 Å². The first-order valence-electron chi connectivity index (χ1n) is 5.50. The van der Waals surface area contributed by atoms with E-state index in [-0.39, 0.29) is 11.9 Å². The van der Waals surface area contributed by atoms with Crippen molar-refractivity contribution < 1.29 is 9.53 Å². The molecule has 1 aromatic rings. The Balaban J connectivity index is 2.42. The maximum atomic E-state index is 11.8. The summed E-state index contributed by atoms with van der Waals surface area (Å²) in [7, 11) is 0. The van der Waals surface area contributed by atoms with Gasteiger partial charge in [-0.3, -0.25) is 4.79 Å². The van der Waals surface area contributed by atoms with Crippen molar-refractivity contribution in [1.82, 2.24) is 0 Å². The molecule has 0 atom stereocenters.